The zero-order chi connectivity index (χ0) is 26.1. The molecule has 0 amide bonds. The molecule has 2 aromatic heterocycles. The Hall–Kier alpha value is -2.96. The first-order valence-corrected chi connectivity index (χ1v) is 13.6. The molecule has 0 saturated heterocycles. The van der Waals surface area contributed by atoms with E-state index in [0.717, 1.165) is 35.6 Å². The maximum atomic E-state index is 12.9. The van der Waals surface area contributed by atoms with Crippen molar-refractivity contribution >= 4 is 50.4 Å². The van der Waals surface area contributed by atoms with E-state index in [9.17, 15) is 4.79 Å². The Labute approximate surface area is 217 Å². The van der Waals surface area contributed by atoms with E-state index in [-0.39, 0.29) is 16.6 Å². The van der Waals surface area contributed by atoms with Crippen LogP contribution in [0, 0.1) is 5.41 Å². The largest absolute Gasteiger partial charge is 0.422 e. The summed E-state index contributed by atoms with van der Waals surface area (Å²) < 4.78 is 9.35. The molecule has 0 spiro atoms. The van der Waals surface area contributed by atoms with Gasteiger partial charge >= 0.3 is 5.63 Å². The van der Waals surface area contributed by atoms with Crippen LogP contribution in [0.3, 0.4) is 0 Å². The Morgan fingerprint density at radius 3 is 2.44 bits per heavy atom. The molecule has 0 unspecified atom stereocenters. The van der Waals surface area contributed by atoms with Crippen LogP contribution < -0.4 is 20.8 Å². The van der Waals surface area contributed by atoms with Gasteiger partial charge < -0.3 is 15.1 Å². The minimum absolute atomic E-state index is 0.00389. The van der Waals surface area contributed by atoms with E-state index in [4.69, 9.17) is 10.2 Å². The Balaban J connectivity index is 1.76. The fourth-order valence-electron chi connectivity index (χ4n) is 5.24. The maximum Gasteiger partial charge on any atom is 0.343 e. The van der Waals surface area contributed by atoms with Gasteiger partial charge in [0.1, 0.15) is 10.3 Å². The van der Waals surface area contributed by atoms with Crippen molar-refractivity contribution in [1.82, 2.24) is 0 Å². The van der Waals surface area contributed by atoms with E-state index >= 15 is 0 Å². The highest BCUT2D eigenvalue weighted by molar-refractivity contribution is 7.18. The van der Waals surface area contributed by atoms with Gasteiger partial charge in [0.25, 0.3) is 5.01 Å². The Kier molecular flexibility index (Phi) is 7.39. The molecular formula is C30H38N3O2S+. The van der Waals surface area contributed by atoms with Crippen LogP contribution in [-0.4, -0.2) is 19.6 Å². The smallest absolute Gasteiger partial charge is 0.343 e. The van der Waals surface area contributed by atoms with Gasteiger partial charge in [-0.15, -0.1) is 0 Å². The first-order valence-electron chi connectivity index (χ1n) is 12.7. The van der Waals surface area contributed by atoms with Gasteiger partial charge in [-0.05, 0) is 56.1 Å². The van der Waals surface area contributed by atoms with Crippen LogP contribution in [0.4, 0.5) is 5.69 Å². The maximum absolute atomic E-state index is 12.9. The van der Waals surface area contributed by atoms with Crippen molar-refractivity contribution in [1.29, 1.82) is 0 Å². The summed E-state index contributed by atoms with van der Waals surface area (Å²) >= 11 is 1.73. The zero-order valence-corrected chi connectivity index (χ0v) is 23.1. The molecule has 2 N–H and O–H groups in total. The second-order valence-corrected chi connectivity index (χ2v) is 11.9. The van der Waals surface area contributed by atoms with E-state index in [1.54, 1.807) is 11.3 Å². The standard InChI is InChI=1S/C30H38N3O2S/c1-7-32(8-2)23-15-13-21-17-22(28(34)35-25(21)18-23)14-16-27-33(24-11-9-10-12-26(24)36-27)30(5,6)19-29(3,4)20-31/h9-18H,7-8,19-20,31H2,1-6H3/q+1. The molecule has 0 bridgehead atoms. The lowest BCUT2D eigenvalue weighted by molar-refractivity contribution is -0.735. The van der Waals surface area contributed by atoms with E-state index in [1.165, 1.54) is 10.2 Å². The number of fused-ring (bicyclic) bond motifs is 2. The molecule has 0 aliphatic carbocycles. The molecule has 0 atom stereocenters. The van der Waals surface area contributed by atoms with Crippen molar-refractivity contribution in [3.8, 4) is 0 Å². The van der Waals surface area contributed by atoms with Crippen molar-refractivity contribution in [3.05, 3.63) is 69.5 Å². The van der Waals surface area contributed by atoms with Crippen LogP contribution in [0.2, 0.25) is 0 Å². The molecule has 6 heteroatoms. The third-order valence-electron chi connectivity index (χ3n) is 6.89. The quantitative estimate of drug-likeness (QED) is 0.211. The number of aromatic nitrogens is 1. The third-order valence-corrected chi connectivity index (χ3v) is 7.98. The molecule has 4 rings (SSSR count). The van der Waals surface area contributed by atoms with Gasteiger partial charge in [0, 0.05) is 62.6 Å². The lowest BCUT2D eigenvalue weighted by Gasteiger charge is -2.30. The first kappa shape index (κ1) is 26.1. The number of hydrogen-bond acceptors (Lipinski definition) is 5. The number of rotatable bonds is 9. The number of anilines is 1. The molecule has 36 heavy (non-hydrogen) atoms. The highest BCUT2D eigenvalue weighted by Crippen LogP contribution is 2.33. The lowest BCUT2D eigenvalue weighted by atomic mass is 9.80. The van der Waals surface area contributed by atoms with E-state index in [2.05, 4.69) is 81.3 Å². The summed E-state index contributed by atoms with van der Waals surface area (Å²) in [4.78, 5) is 15.1. The van der Waals surface area contributed by atoms with Gasteiger partial charge in [-0.1, -0.05) is 37.3 Å². The minimum atomic E-state index is -0.327. The molecule has 0 saturated carbocycles. The van der Waals surface area contributed by atoms with Gasteiger partial charge in [-0.25, -0.2) is 4.79 Å². The summed E-state index contributed by atoms with van der Waals surface area (Å²) in [5.74, 6) is 0. The van der Waals surface area contributed by atoms with Gasteiger partial charge in [-0.3, -0.25) is 0 Å². The number of para-hydroxylation sites is 1. The average molecular weight is 505 g/mol. The van der Waals surface area contributed by atoms with Crippen LogP contribution >= 0.6 is 11.3 Å². The SMILES string of the molecule is CCN(CC)c1ccc2cc(C=Cc3sc4ccccc4[n+]3C(C)(C)CC(C)(C)CN)c(=O)oc2c1. The molecule has 2 aromatic carbocycles. The van der Waals surface area contributed by atoms with Crippen LogP contribution in [0.15, 0.2) is 57.7 Å². The Bertz CT molecular complexity index is 1460. The van der Waals surface area contributed by atoms with E-state index in [1.807, 2.05) is 30.4 Å². The zero-order valence-electron chi connectivity index (χ0n) is 22.3. The number of hydrogen-bond donors (Lipinski definition) is 1. The van der Waals surface area contributed by atoms with Crippen LogP contribution in [0.5, 0.6) is 0 Å². The first-order chi connectivity index (χ1) is 17.1. The predicted molar refractivity (Wildman–Crippen MR) is 154 cm³/mol. The number of nitrogens with zero attached hydrogens (tertiary/aromatic N) is 2. The summed E-state index contributed by atoms with van der Waals surface area (Å²) in [6.07, 6.45) is 4.86. The molecule has 190 valence electrons. The summed E-state index contributed by atoms with van der Waals surface area (Å²) in [6.45, 7) is 15.6. The Morgan fingerprint density at radius 2 is 1.75 bits per heavy atom. The van der Waals surface area contributed by atoms with Crippen LogP contribution in [0.25, 0.3) is 33.3 Å². The van der Waals surface area contributed by atoms with E-state index < -0.39 is 0 Å². The van der Waals surface area contributed by atoms with Gasteiger partial charge in [-0.2, -0.15) is 4.57 Å². The number of benzene rings is 2. The number of thiazole rings is 1. The number of nitrogens with two attached hydrogens (primary N) is 1. The van der Waals surface area contributed by atoms with Gasteiger partial charge in [0.05, 0.1) is 5.56 Å². The lowest BCUT2D eigenvalue weighted by Crippen LogP contribution is -2.55. The molecule has 0 radical (unpaired) electrons. The highest BCUT2D eigenvalue weighted by atomic mass is 32.1. The second kappa shape index (κ2) is 10.2. The van der Waals surface area contributed by atoms with Gasteiger partial charge in [0.2, 0.25) is 5.52 Å². The highest BCUT2D eigenvalue weighted by Gasteiger charge is 2.39. The molecule has 2 heterocycles. The fraction of sp³-hybridized carbons (Fsp3) is 0.400. The summed E-state index contributed by atoms with van der Waals surface area (Å²) in [5, 5.41) is 2.00. The molecule has 0 aliphatic rings. The normalized spacial score (nSPS) is 12.8. The average Bonchev–Trinajstić information content (AvgIpc) is 3.22. The summed E-state index contributed by atoms with van der Waals surface area (Å²) in [5.41, 5.74) is 9.00. The molecule has 0 aliphatic heterocycles. The third kappa shape index (κ3) is 5.25. The van der Waals surface area contributed by atoms with E-state index in [0.29, 0.717) is 17.7 Å². The fourth-order valence-corrected chi connectivity index (χ4v) is 6.45. The Morgan fingerprint density at radius 1 is 1.03 bits per heavy atom. The predicted octanol–water partition coefficient (Wildman–Crippen LogP) is 6.42. The molecule has 0 fully saturated rings. The van der Waals surface area contributed by atoms with Crippen LogP contribution in [-0.2, 0) is 5.54 Å². The minimum Gasteiger partial charge on any atom is -0.422 e. The van der Waals surface area contributed by atoms with Crippen molar-refractivity contribution in [2.45, 2.75) is 53.5 Å². The summed E-state index contributed by atoms with van der Waals surface area (Å²) in [7, 11) is 0. The van der Waals surface area contributed by atoms with Crippen molar-refractivity contribution in [3.63, 3.8) is 0 Å². The topological polar surface area (TPSA) is 63.4 Å². The molecule has 4 aromatic rings. The summed E-state index contributed by atoms with van der Waals surface area (Å²) in [6, 6.07) is 16.5. The van der Waals surface area contributed by atoms with Crippen LogP contribution in [0.1, 0.15) is 58.5 Å². The second-order valence-electron chi connectivity index (χ2n) is 10.8. The van der Waals surface area contributed by atoms with Gasteiger partial charge in [0.15, 0.2) is 5.54 Å². The van der Waals surface area contributed by atoms with Crippen molar-refractivity contribution in [2.24, 2.45) is 11.1 Å². The van der Waals surface area contributed by atoms with Crippen molar-refractivity contribution in [2.75, 3.05) is 24.5 Å². The monoisotopic (exact) mass is 504 g/mol. The van der Waals surface area contributed by atoms with Crippen molar-refractivity contribution < 1.29 is 8.98 Å². The molecule has 5 nitrogen and oxygen atoms in total. The molecular weight excluding hydrogens is 466 g/mol.